The maximum absolute atomic E-state index is 12.0. The van der Waals surface area contributed by atoms with E-state index in [-0.39, 0.29) is 5.91 Å². The topological polar surface area (TPSA) is 90.8 Å². The molecule has 17 heavy (non-hydrogen) atoms. The predicted molar refractivity (Wildman–Crippen MR) is 58.5 cm³/mol. The number of hydrogen-bond acceptors (Lipinski definition) is 4. The number of amides is 1. The second-order valence-corrected chi connectivity index (χ2v) is 4.10. The Morgan fingerprint density at radius 2 is 2.41 bits per heavy atom. The molecule has 0 spiro atoms. The fraction of sp³-hybridized carbons (Fsp3) is 0.545. The number of ether oxygens (including phenoxy) is 1. The molecule has 6 heteroatoms. The Kier molecular flexibility index (Phi) is 3.40. The zero-order chi connectivity index (χ0) is 12.1. The summed E-state index contributed by atoms with van der Waals surface area (Å²) in [6.07, 6.45) is 4.27. The molecular formula is C11H14N4O2. The molecule has 0 aliphatic carbocycles. The fourth-order valence-electron chi connectivity index (χ4n) is 1.84. The second kappa shape index (κ2) is 4.97. The molecule has 0 radical (unpaired) electrons. The summed E-state index contributed by atoms with van der Waals surface area (Å²) < 4.78 is 5.18. The lowest BCUT2D eigenvalue weighted by Crippen LogP contribution is -2.43. The second-order valence-electron chi connectivity index (χ2n) is 4.10. The predicted octanol–water partition coefficient (Wildman–Crippen LogP) is 0.346. The third-order valence-electron chi connectivity index (χ3n) is 3.00. The molecule has 2 heterocycles. The highest BCUT2D eigenvalue weighted by Crippen LogP contribution is 2.29. The van der Waals surface area contributed by atoms with Gasteiger partial charge in [0.15, 0.2) is 0 Å². The van der Waals surface area contributed by atoms with Gasteiger partial charge in [0.25, 0.3) is 0 Å². The summed E-state index contributed by atoms with van der Waals surface area (Å²) in [5, 5.41) is 18.4. The monoisotopic (exact) mass is 234 g/mol. The molecule has 1 aliphatic rings. The van der Waals surface area contributed by atoms with Gasteiger partial charge in [-0.3, -0.25) is 9.89 Å². The number of hydrogen-bond donors (Lipinski definition) is 2. The van der Waals surface area contributed by atoms with E-state index in [0.717, 1.165) is 5.56 Å². The summed E-state index contributed by atoms with van der Waals surface area (Å²) in [6, 6.07) is 2.13. The average Bonchev–Trinajstić information content (AvgIpc) is 2.90. The van der Waals surface area contributed by atoms with Crippen LogP contribution in [0.2, 0.25) is 0 Å². The quantitative estimate of drug-likeness (QED) is 0.789. The zero-order valence-electron chi connectivity index (χ0n) is 9.40. The summed E-state index contributed by atoms with van der Waals surface area (Å²) in [7, 11) is 0. The smallest absolute Gasteiger partial charge is 0.240 e. The molecular weight excluding hydrogens is 220 g/mol. The van der Waals surface area contributed by atoms with Crippen molar-refractivity contribution in [3.05, 3.63) is 18.0 Å². The number of aromatic amines is 1. The average molecular weight is 234 g/mol. The van der Waals surface area contributed by atoms with Crippen LogP contribution < -0.4 is 5.32 Å². The highest BCUT2D eigenvalue weighted by atomic mass is 16.5. The van der Waals surface area contributed by atoms with Gasteiger partial charge in [0.05, 0.1) is 12.3 Å². The number of nitrogens with zero attached hydrogens (tertiary/aromatic N) is 2. The van der Waals surface area contributed by atoms with Crippen LogP contribution in [0.5, 0.6) is 0 Å². The van der Waals surface area contributed by atoms with Crippen LogP contribution in [0.15, 0.2) is 12.4 Å². The van der Waals surface area contributed by atoms with Gasteiger partial charge in [0.2, 0.25) is 5.91 Å². The zero-order valence-corrected chi connectivity index (χ0v) is 9.40. The van der Waals surface area contributed by atoms with E-state index in [4.69, 9.17) is 4.74 Å². The van der Waals surface area contributed by atoms with Crippen LogP contribution in [0.4, 0.5) is 0 Å². The first-order valence-corrected chi connectivity index (χ1v) is 5.52. The Hall–Kier alpha value is -1.87. The standard InChI is InChI=1S/C11H14N4O2/c12-8-11(1-3-17-4-2-11)10(16)13-5-9-6-14-15-7-9/h6-7H,1-5H2,(H,13,16)(H,14,15). The first-order chi connectivity index (χ1) is 8.27. The Balaban J connectivity index is 1.96. The van der Waals surface area contributed by atoms with Crippen molar-refractivity contribution in [2.45, 2.75) is 19.4 Å². The lowest BCUT2D eigenvalue weighted by Gasteiger charge is -2.29. The maximum Gasteiger partial charge on any atom is 0.240 e. The molecule has 1 aromatic rings. The number of carbonyl (C=O) groups excluding carboxylic acids is 1. The van der Waals surface area contributed by atoms with Crippen LogP contribution in [0.25, 0.3) is 0 Å². The van der Waals surface area contributed by atoms with Crippen molar-refractivity contribution in [3.8, 4) is 6.07 Å². The van der Waals surface area contributed by atoms with Crippen molar-refractivity contribution < 1.29 is 9.53 Å². The molecule has 1 amide bonds. The van der Waals surface area contributed by atoms with Crippen molar-refractivity contribution in [2.75, 3.05) is 13.2 Å². The van der Waals surface area contributed by atoms with Crippen LogP contribution in [0, 0.1) is 16.7 Å². The molecule has 6 nitrogen and oxygen atoms in total. The largest absolute Gasteiger partial charge is 0.381 e. The first kappa shape index (κ1) is 11.6. The van der Waals surface area contributed by atoms with E-state index in [9.17, 15) is 10.1 Å². The fourth-order valence-corrected chi connectivity index (χ4v) is 1.84. The third-order valence-corrected chi connectivity index (χ3v) is 3.00. The lowest BCUT2D eigenvalue weighted by atomic mass is 9.81. The molecule has 1 aromatic heterocycles. The molecule has 90 valence electrons. The van der Waals surface area contributed by atoms with E-state index >= 15 is 0 Å². The third kappa shape index (κ3) is 2.45. The van der Waals surface area contributed by atoms with E-state index in [1.54, 1.807) is 12.4 Å². The van der Waals surface area contributed by atoms with Gasteiger partial charge in [-0.15, -0.1) is 0 Å². The number of nitriles is 1. The molecule has 0 atom stereocenters. The Labute approximate surface area is 99.0 Å². The van der Waals surface area contributed by atoms with Crippen molar-refractivity contribution in [1.82, 2.24) is 15.5 Å². The van der Waals surface area contributed by atoms with Crippen LogP contribution in [-0.4, -0.2) is 29.3 Å². The van der Waals surface area contributed by atoms with Gasteiger partial charge in [0.1, 0.15) is 5.41 Å². The SMILES string of the molecule is N#CC1(C(=O)NCc2cn[nH]c2)CCOCC1. The summed E-state index contributed by atoms with van der Waals surface area (Å²) in [5.74, 6) is -0.218. The number of rotatable bonds is 3. The molecule has 2 rings (SSSR count). The summed E-state index contributed by atoms with van der Waals surface area (Å²) >= 11 is 0. The Morgan fingerprint density at radius 1 is 1.65 bits per heavy atom. The summed E-state index contributed by atoms with van der Waals surface area (Å²) in [6.45, 7) is 1.32. The molecule has 1 fully saturated rings. The molecule has 1 saturated heterocycles. The minimum absolute atomic E-state index is 0.218. The number of nitrogens with one attached hydrogen (secondary N) is 2. The summed E-state index contributed by atoms with van der Waals surface area (Å²) in [5.41, 5.74) is -0.0411. The van der Waals surface area contributed by atoms with Gasteiger partial charge < -0.3 is 10.1 Å². The molecule has 0 unspecified atom stereocenters. The van der Waals surface area contributed by atoms with Crippen LogP contribution in [0.3, 0.4) is 0 Å². The van der Waals surface area contributed by atoms with E-state index < -0.39 is 5.41 Å². The van der Waals surface area contributed by atoms with E-state index in [1.165, 1.54) is 0 Å². The molecule has 0 aromatic carbocycles. The van der Waals surface area contributed by atoms with Gasteiger partial charge >= 0.3 is 0 Å². The van der Waals surface area contributed by atoms with Gasteiger partial charge in [0, 0.05) is 31.5 Å². The molecule has 0 bridgehead atoms. The number of carbonyl (C=O) groups is 1. The van der Waals surface area contributed by atoms with Crippen molar-refractivity contribution in [1.29, 1.82) is 5.26 Å². The van der Waals surface area contributed by atoms with E-state index in [1.807, 2.05) is 0 Å². The highest BCUT2D eigenvalue weighted by Gasteiger charge is 2.40. The van der Waals surface area contributed by atoms with Gasteiger partial charge in [-0.05, 0) is 12.8 Å². The number of H-pyrrole nitrogens is 1. The Morgan fingerprint density at radius 3 is 3.00 bits per heavy atom. The van der Waals surface area contributed by atoms with Crippen molar-refractivity contribution in [3.63, 3.8) is 0 Å². The van der Waals surface area contributed by atoms with Crippen LogP contribution in [0.1, 0.15) is 18.4 Å². The van der Waals surface area contributed by atoms with Crippen LogP contribution >= 0.6 is 0 Å². The maximum atomic E-state index is 12.0. The number of aromatic nitrogens is 2. The molecule has 2 N–H and O–H groups in total. The van der Waals surface area contributed by atoms with Gasteiger partial charge in [-0.25, -0.2) is 0 Å². The van der Waals surface area contributed by atoms with Crippen molar-refractivity contribution >= 4 is 5.91 Å². The molecule has 0 saturated carbocycles. The first-order valence-electron chi connectivity index (χ1n) is 5.52. The Bertz CT molecular complexity index is 415. The van der Waals surface area contributed by atoms with E-state index in [2.05, 4.69) is 21.6 Å². The van der Waals surface area contributed by atoms with Gasteiger partial charge in [-0.1, -0.05) is 0 Å². The normalized spacial score (nSPS) is 18.3. The van der Waals surface area contributed by atoms with Crippen LogP contribution in [-0.2, 0) is 16.1 Å². The molecule has 1 aliphatic heterocycles. The minimum Gasteiger partial charge on any atom is -0.381 e. The minimum atomic E-state index is -0.929. The van der Waals surface area contributed by atoms with E-state index in [0.29, 0.717) is 32.6 Å². The lowest BCUT2D eigenvalue weighted by molar-refractivity contribution is -0.132. The van der Waals surface area contributed by atoms with Crippen molar-refractivity contribution in [2.24, 2.45) is 5.41 Å². The summed E-state index contributed by atoms with van der Waals surface area (Å²) in [4.78, 5) is 12.0. The van der Waals surface area contributed by atoms with Gasteiger partial charge in [-0.2, -0.15) is 10.4 Å². The highest BCUT2D eigenvalue weighted by molar-refractivity contribution is 5.85.